The second-order valence-electron chi connectivity index (χ2n) is 4.73. The molecule has 0 amide bonds. The van der Waals surface area contributed by atoms with Gasteiger partial charge >= 0.3 is 0 Å². The van der Waals surface area contributed by atoms with Crippen molar-refractivity contribution < 1.29 is 8.42 Å². The number of fused-ring (bicyclic) bond motifs is 1. The topological polar surface area (TPSA) is 75.8 Å². The molecule has 2 aliphatic rings. The molecule has 0 aliphatic carbocycles. The van der Waals surface area contributed by atoms with Gasteiger partial charge in [0.1, 0.15) is 4.90 Å². The number of sulfonamides is 1. The Morgan fingerprint density at radius 2 is 2.11 bits per heavy atom. The minimum atomic E-state index is -3.52. The van der Waals surface area contributed by atoms with Crippen LogP contribution >= 0.6 is 0 Å². The summed E-state index contributed by atoms with van der Waals surface area (Å²) in [6.07, 6.45) is 1.96. The maximum atomic E-state index is 11.9. The average Bonchev–Trinajstić information content (AvgIpc) is 2.63. The molecule has 18 heavy (non-hydrogen) atoms. The first-order valence-electron chi connectivity index (χ1n) is 6.03. The number of rotatable bonds is 0. The number of amidine groups is 1. The molecule has 96 valence electrons. The van der Waals surface area contributed by atoms with E-state index < -0.39 is 10.0 Å². The summed E-state index contributed by atoms with van der Waals surface area (Å²) >= 11 is 0. The Morgan fingerprint density at radius 3 is 2.89 bits per heavy atom. The van der Waals surface area contributed by atoms with Gasteiger partial charge in [0.2, 0.25) is 0 Å². The minimum Gasteiger partial charge on any atom is -0.354 e. The summed E-state index contributed by atoms with van der Waals surface area (Å²) < 4.78 is 27.8. The van der Waals surface area contributed by atoms with Gasteiger partial charge in [0.15, 0.2) is 5.84 Å². The zero-order valence-electron chi connectivity index (χ0n) is 9.91. The van der Waals surface area contributed by atoms with Crippen LogP contribution in [0.15, 0.2) is 33.6 Å². The molecule has 2 aliphatic heterocycles. The molecule has 2 N–H and O–H groups in total. The predicted molar refractivity (Wildman–Crippen MR) is 68.9 cm³/mol. The van der Waals surface area contributed by atoms with Gasteiger partial charge in [0, 0.05) is 24.7 Å². The smallest absolute Gasteiger partial charge is 0.285 e. The van der Waals surface area contributed by atoms with Gasteiger partial charge in [0.25, 0.3) is 10.0 Å². The van der Waals surface area contributed by atoms with Gasteiger partial charge in [-0.05, 0) is 25.0 Å². The van der Waals surface area contributed by atoms with Crippen molar-refractivity contribution in [3.63, 3.8) is 0 Å². The molecule has 0 bridgehead atoms. The molecule has 0 aromatic heterocycles. The lowest BCUT2D eigenvalue weighted by atomic mass is 10.1. The van der Waals surface area contributed by atoms with Crippen molar-refractivity contribution in [3.05, 3.63) is 29.8 Å². The number of hydrogen-bond donors (Lipinski definition) is 1. The van der Waals surface area contributed by atoms with Crippen molar-refractivity contribution in [3.8, 4) is 0 Å². The molecule has 1 fully saturated rings. The van der Waals surface area contributed by atoms with E-state index in [0.717, 1.165) is 19.4 Å². The molecule has 3 rings (SSSR count). The first kappa shape index (κ1) is 11.7. The fourth-order valence-corrected chi connectivity index (χ4v) is 3.75. The van der Waals surface area contributed by atoms with Crippen LogP contribution in [0.25, 0.3) is 0 Å². The third-order valence-electron chi connectivity index (χ3n) is 3.37. The molecule has 0 spiro atoms. The molecule has 0 unspecified atom stereocenters. The Hall–Kier alpha value is -1.40. The van der Waals surface area contributed by atoms with Crippen molar-refractivity contribution in [2.45, 2.75) is 23.8 Å². The lowest BCUT2D eigenvalue weighted by Crippen LogP contribution is -2.45. The second kappa shape index (κ2) is 4.07. The highest BCUT2D eigenvalue weighted by Gasteiger charge is 2.32. The lowest BCUT2D eigenvalue weighted by molar-refractivity contribution is 0.310. The monoisotopic (exact) mass is 265 g/mol. The van der Waals surface area contributed by atoms with Crippen LogP contribution in [-0.2, 0) is 10.0 Å². The Labute approximate surface area is 106 Å². The lowest BCUT2D eigenvalue weighted by Gasteiger charge is -2.32. The summed E-state index contributed by atoms with van der Waals surface area (Å²) in [5.74, 6) is 0.556. The van der Waals surface area contributed by atoms with Gasteiger partial charge in [0.05, 0.1) is 0 Å². The number of piperidine rings is 1. The summed E-state index contributed by atoms with van der Waals surface area (Å²) in [6, 6.07) is 7.05. The number of nitrogens with two attached hydrogens (primary N) is 1. The minimum absolute atomic E-state index is 0.0944. The summed E-state index contributed by atoms with van der Waals surface area (Å²) in [5, 5.41) is 0. The summed E-state index contributed by atoms with van der Waals surface area (Å²) in [6.45, 7) is 1.49. The molecule has 6 heteroatoms. The fraction of sp³-hybridized carbons (Fsp3) is 0.417. The van der Waals surface area contributed by atoms with Crippen LogP contribution < -0.4 is 5.73 Å². The zero-order valence-corrected chi connectivity index (χ0v) is 10.7. The molecule has 2 heterocycles. The van der Waals surface area contributed by atoms with Crippen molar-refractivity contribution in [2.75, 3.05) is 13.1 Å². The number of hydrogen-bond acceptors (Lipinski definition) is 4. The summed E-state index contributed by atoms with van der Waals surface area (Å²) in [7, 11) is -3.52. The second-order valence-corrected chi connectivity index (χ2v) is 6.31. The van der Waals surface area contributed by atoms with Crippen LogP contribution in [0.4, 0.5) is 0 Å². The Balaban J connectivity index is 2.04. The van der Waals surface area contributed by atoms with E-state index in [2.05, 4.69) is 4.40 Å². The highest BCUT2D eigenvalue weighted by Crippen LogP contribution is 2.28. The molecule has 0 saturated carbocycles. The van der Waals surface area contributed by atoms with Crippen molar-refractivity contribution in [2.24, 2.45) is 10.1 Å². The van der Waals surface area contributed by atoms with E-state index in [4.69, 9.17) is 5.73 Å². The highest BCUT2D eigenvalue weighted by atomic mass is 32.2. The van der Waals surface area contributed by atoms with E-state index in [0.29, 0.717) is 22.8 Å². The highest BCUT2D eigenvalue weighted by molar-refractivity contribution is 7.90. The SMILES string of the molecule is N[C@H]1CCCN(C2=NS(=O)(=O)c3ccccc32)C1. The van der Waals surface area contributed by atoms with Crippen LogP contribution in [0.3, 0.4) is 0 Å². The zero-order chi connectivity index (χ0) is 12.8. The molecule has 0 radical (unpaired) electrons. The molecule has 1 atom stereocenters. The van der Waals surface area contributed by atoms with Crippen LogP contribution in [0, 0.1) is 0 Å². The molecule has 1 aromatic carbocycles. The van der Waals surface area contributed by atoms with E-state index in [-0.39, 0.29) is 6.04 Å². The number of likely N-dealkylation sites (tertiary alicyclic amines) is 1. The van der Waals surface area contributed by atoms with E-state index in [1.54, 1.807) is 18.2 Å². The van der Waals surface area contributed by atoms with Crippen LogP contribution in [-0.4, -0.2) is 38.3 Å². The van der Waals surface area contributed by atoms with Gasteiger partial charge in [-0.1, -0.05) is 12.1 Å². The maximum absolute atomic E-state index is 11.9. The quantitative estimate of drug-likeness (QED) is 0.743. The summed E-state index contributed by atoms with van der Waals surface area (Å²) in [5.41, 5.74) is 6.63. The average molecular weight is 265 g/mol. The largest absolute Gasteiger partial charge is 0.354 e. The van der Waals surface area contributed by atoms with Gasteiger partial charge < -0.3 is 10.6 Å². The molecular weight excluding hydrogens is 250 g/mol. The van der Waals surface area contributed by atoms with E-state index >= 15 is 0 Å². The number of benzene rings is 1. The van der Waals surface area contributed by atoms with E-state index in [1.807, 2.05) is 11.0 Å². The third kappa shape index (κ3) is 1.81. The first-order chi connectivity index (χ1) is 8.58. The van der Waals surface area contributed by atoms with Crippen molar-refractivity contribution >= 4 is 15.9 Å². The van der Waals surface area contributed by atoms with E-state index in [1.165, 1.54) is 0 Å². The van der Waals surface area contributed by atoms with Gasteiger partial charge in [-0.25, -0.2) is 0 Å². The van der Waals surface area contributed by atoms with E-state index in [9.17, 15) is 8.42 Å². The van der Waals surface area contributed by atoms with Crippen LogP contribution in [0.1, 0.15) is 18.4 Å². The Kier molecular flexibility index (Phi) is 2.64. The normalized spacial score (nSPS) is 25.7. The van der Waals surface area contributed by atoms with Crippen molar-refractivity contribution in [1.29, 1.82) is 0 Å². The molecule has 5 nitrogen and oxygen atoms in total. The molecule has 1 aromatic rings. The Bertz CT molecular complexity index is 610. The number of nitrogens with zero attached hydrogens (tertiary/aromatic N) is 2. The Morgan fingerprint density at radius 1 is 1.33 bits per heavy atom. The van der Waals surface area contributed by atoms with Crippen molar-refractivity contribution in [1.82, 2.24) is 4.90 Å². The van der Waals surface area contributed by atoms with Crippen LogP contribution in [0.2, 0.25) is 0 Å². The maximum Gasteiger partial charge on any atom is 0.285 e. The molecular formula is C12H15N3O2S. The van der Waals surface area contributed by atoms with Gasteiger partial charge in [-0.15, -0.1) is 4.40 Å². The summed E-state index contributed by atoms with van der Waals surface area (Å²) in [4.78, 5) is 2.29. The molecule has 1 saturated heterocycles. The van der Waals surface area contributed by atoms with Crippen LogP contribution in [0.5, 0.6) is 0 Å². The van der Waals surface area contributed by atoms with Gasteiger partial charge in [-0.2, -0.15) is 8.42 Å². The predicted octanol–water partition coefficient (Wildman–Crippen LogP) is 0.559. The standard InChI is InChI=1S/C12H15N3O2S/c13-9-4-3-7-15(8-9)12-10-5-1-2-6-11(10)18(16,17)14-12/h1-2,5-6,9H,3-4,7-8,13H2/t9-/m0/s1. The third-order valence-corrected chi connectivity index (χ3v) is 4.69. The first-order valence-corrected chi connectivity index (χ1v) is 7.47. The van der Waals surface area contributed by atoms with Gasteiger partial charge in [-0.3, -0.25) is 0 Å². The fourth-order valence-electron chi connectivity index (χ4n) is 2.52.